The second-order valence-corrected chi connectivity index (χ2v) is 8.16. The fraction of sp³-hybridized carbons (Fsp3) is 0.481. The molecule has 0 saturated heterocycles. The second-order valence-electron chi connectivity index (χ2n) is 8.16. The lowest BCUT2D eigenvalue weighted by Gasteiger charge is -2.26. The molecule has 31 heavy (non-hydrogen) atoms. The van der Waals surface area contributed by atoms with Crippen LogP contribution in [0.1, 0.15) is 79.5 Å². The lowest BCUT2D eigenvalue weighted by molar-refractivity contribution is 0.111. The van der Waals surface area contributed by atoms with Crippen molar-refractivity contribution in [1.29, 1.82) is 0 Å². The number of carbonyl (C=O) groups excluding carboxylic acids is 2. The average Bonchev–Trinajstić information content (AvgIpc) is 2.83. The van der Waals surface area contributed by atoms with Crippen molar-refractivity contribution in [2.24, 2.45) is 0 Å². The van der Waals surface area contributed by atoms with E-state index in [1.807, 2.05) is 24.3 Å². The summed E-state index contributed by atoms with van der Waals surface area (Å²) >= 11 is 0. The first kappa shape index (κ1) is 24.6. The van der Waals surface area contributed by atoms with E-state index in [0.29, 0.717) is 0 Å². The Hall–Kier alpha value is -2.62. The second kappa shape index (κ2) is 14.4. The molecule has 4 heteroatoms. The standard InChI is InChI=1S/C27H38N2O2/c1-3-5-18-28(26-14-10-24(22-30)11-15-26)20-8-7-9-21-29(19-6-4-2)27-16-12-25(23-31)13-17-27/h10-17,22-23H,3-9,18-21H2,1-2H3. The van der Waals surface area contributed by atoms with Gasteiger partial charge in [-0.05, 0) is 80.6 Å². The van der Waals surface area contributed by atoms with Gasteiger partial charge in [0.25, 0.3) is 0 Å². The monoisotopic (exact) mass is 422 g/mol. The molecule has 0 amide bonds. The SMILES string of the molecule is CCCCN(CCCCCN(CCCC)c1ccc(C=O)cc1)c1ccc(C=O)cc1. The summed E-state index contributed by atoms with van der Waals surface area (Å²) in [6.07, 6.45) is 10.0. The van der Waals surface area contributed by atoms with Gasteiger partial charge < -0.3 is 9.80 Å². The number of hydrogen-bond acceptors (Lipinski definition) is 4. The van der Waals surface area contributed by atoms with E-state index in [4.69, 9.17) is 0 Å². The number of rotatable bonds is 16. The van der Waals surface area contributed by atoms with Crippen LogP contribution < -0.4 is 9.80 Å². The number of carbonyl (C=O) groups is 2. The molecule has 168 valence electrons. The fourth-order valence-electron chi connectivity index (χ4n) is 3.75. The fourth-order valence-corrected chi connectivity index (χ4v) is 3.75. The van der Waals surface area contributed by atoms with Gasteiger partial charge in [0.15, 0.2) is 0 Å². The molecule has 4 nitrogen and oxygen atoms in total. The molecule has 0 fully saturated rings. The van der Waals surface area contributed by atoms with Crippen LogP contribution in [0.15, 0.2) is 48.5 Å². The van der Waals surface area contributed by atoms with Gasteiger partial charge in [0.2, 0.25) is 0 Å². The first-order valence-corrected chi connectivity index (χ1v) is 11.8. The Labute approximate surface area is 188 Å². The highest BCUT2D eigenvalue weighted by molar-refractivity contribution is 5.76. The quantitative estimate of drug-likeness (QED) is 0.232. The van der Waals surface area contributed by atoms with E-state index in [2.05, 4.69) is 47.9 Å². The summed E-state index contributed by atoms with van der Waals surface area (Å²) < 4.78 is 0. The van der Waals surface area contributed by atoms with E-state index in [9.17, 15) is 9.59 Å². The minimum absolute atomic E-state index is 0.729. The van der Waals surface area contributed by atoms with E-state index in [1.54, 1.807) is 0 Å². The molecule has 0 bridgehead atoms. The van der Waals surface area contributed by atoms with Gasteiger partial charge in [0.1, 0.15) is 12.6 Å². The lowest BCUT2D eigenvalue weighted by atomic mass is 10.1. The van der Waals surface area contributed by atoms with Crippen LogP contribution in [-0.2, 0) is 0 Å². The van der Waals surface area contributed by atoms with Crippen LogP contribution in [0.2, 0.25) is 0 Å². The summed E-state index contributed by atoms with van der Waals surface area (Å²) in [5.74, 6) is 0. The van der Waals surface area contributed by atoms with Crippen LogP contribution in [0.4, 0.5) is 11.4 Å². The van der Waals surface area contributed by atoms with Crippen molar-refractivity contribution in [3.63, 3.8) is 0 Å². The highest BCUT2D eigenvalue weighted by Gasteiger charge is 2.08. The van der Waals surface area contributed by atoms with E-state index < -0.39 is 0 Å². The molecule has 0 heterocycles. The van der Waals surface area contributed by atoms with Crippen molar-refractivity contribution in [2.75, 3.05) is 36.0 Å². The molecule has 0 unspecified atom stereocenters. The smallest absolute Gasteiger partial charge is 0.150 e. The van der Waals surface area contributed by atoms with Gasteiger partial charge in [0, 0.05) is 48.7 Å². The third kappa shape index (κ3) is 8.56. The molecule has 0 radical (unpaired) electrons. The Morgan fingerprint density at radius 3 is 1.23 bits per heavy atom. The molecule has 0 saturated carbocycles. The van der Waals surface area contributed by atoms with Gasteiger partial charge in [-0.1, -0.05) is 26.7 Å². The van der Waals surface area contributed by atoms with Gasteiger partial charge in [-0.2, -0.15) is 0 Å². The number of unbranched alkanes of at least 4 members (excludes halogenated alkanes) is 4. The van der Waals surface area contributed by atoms with Gasteiger partial charge in [-0.25, -0.2) is 0 Å². The number of aldehydes is 2. The minimum atomic E-state index is 0.729. The predicted molar refractivity (Wildman–Crippen MR) is 132 cm³/mol. The molecule has 0 aliphatic carbocycles. The van der Waals surface area contributed by atoms with E-state index in [-0.39, 0.29) is 0 Å². The van der Waals surface area contributed by atoms with Crippen LogP contribution in [0.5, 0.6) is 0 Å². The molecule has 2 rings (SSSR count). The summed E-state index contributed by atoms with van der Waals surface area (Å²) in [4.78, 5) is 26.8. The minimum Gasteiger partial charge on any atom is -0.372 e. The van der Waals surface area contributed by atoms with Crippen LogP contribution in [-0.4, -0.2) is 38.8 Å². The number of nitrogens with zero attached hydrogens (tertiary/aromatic N) is 2. The Morgan fingerprint density at radius 1 is 0.548 bits per heavy atom. The molecule has 0 aliphatic heterocycles. The molecule has 2 aromatic rings. The summed E-state index contributed by atoms with van der Waals surface area (Å²) in [7, 11) is 0. The van der Waals surface area contributed by atoms with Crippen molar-refractivity contribution in [3.8, 4) is 0 Å². The van der Waals surface area contributed by atoms with Gasteiger partial charge in [-0.3, -0.25) is 9.59 Å². The van der Waals surface area contributed by atoms with Crippen molar-refractivity contribution in [1.82, 2.24) is 0 Å². The average molecular weight is 423 g/mol. The predicted octanol–water partition coefficient (Wildman–Crippen LogP) is 6.40. The first-order chi connectivity index (χ1) is 15.2. The largest absolute Gasteiger partial charge is 0.372 e. The Bertz CT molecular complexity index is 690. The zero-order valence-electron chi connectivity index (χ0n) is 19.3. The Morgan fingerprint density at radius 2 is 0.903 bits per heavy atom. The van der Waals surface area contributed by atoms with Gasteiger partial charge in [-0.15, -0.1) is 0 Å². The molecular weight excluding hydrogens is 384 g/mol. The number of anilines is 2. The summed E-state index contributed by atoms with van der Waals surface area (Å²) in [6, 6.07) is 15.9. The molecule has 0 N–H and O–H groups in total. The molecule has 2 aromatic carbocycles. The normalized spacial score (nSPS) is 10.6. The Kier molecular flexibility index (Phi) is 11.4. The van der Waals surface area contributed by atoms with Gasteiger partial charge >= 0.3 is 0 Å². The molecular formula is C27H38N2O2. The van der Waals surface area contributed by atoms with Crippen molar-refractivity contribution in [2.45, 2.75) is 58.8 Å². The third-order valence-corrected chi connectivity index (χ3v) is 5.71. The number of hydrogen-bond donors (Lipinski definition) is 0. The van der Waals surface area contributed by atoms with Crippen molar-refractivity contribution in [3.05, 3.63) is 59.7 Å². The zero-order chi connectivity index (χ0) is 22.3. The summed E-state index contributed by atoms with van der Waals surface area (Å²) in [5.41, 5.74) is 3.87. The number of benzene rings is 2. The Balaban J connectivity index is 1.85. The maximum atomic E-state index is 10.9. The zero-order valence-corrected chi connectivity index (χ0v) is 19.3. The molecule has 0 spiro atoms. The highest BCUT2D eigenvalue weighted by Crippen LogP contribution is 2.19. The van der Waals surface area contributed by atoms with Crippen molar-refractivity contribution < 1.29 is 9.59 Å². The lowest BCUT2D eigenvalue weighted by Crippen LogP contribution is -2.27. The van der Waals surface area contributed by atoms with E-state index in [1.165, 1.54) is 43.5 Å². The van der Waals surface area contributed by atoms with Crippen LogP contribution in [0.3, 0.4) is 0 Å². The van der Waals surface area contributed by atoms with Crippen LogP contribution >= 0.6 is 0 Å². The van der Waals surface area contributed by atoms with E-state index >= 15 is 0 Å². The van der Waals surface area contributed by atoms with Crippen LogP contribution in [0, 0.1) is 0 Å². The van der Waals surface area contributed by atoms with Crippen LogP contribution in [0.25, 0.3) is 0 Å². The highest BCUT2D eigenvalue weighted by atomic mass is 16.1. The molecule has 0 aliphatic rings. The van der Waals surface area contributed by atoms with E-state index in [0.717, 1.165) is 62.7 Å². The maximum Gasteiger partial charge on any atom is 0.150 e. The molecule has 0 aromatic heterocycles. The van der Waals surface area contributed by atoms with Gasteiger partial charge in [0.05, 0.1) is 0 Å². The van der Waals surface area contributed by atoms with Crippen molar-refractivity contribution >= 4 is 23.9 Å². The third-order valence-electron chi connectivity index (χ3n) is 5.71. The molecule has 0 atom stereocenters. The summed E-state index contributed by atoms with van der Waals surface area (Å²) in [6.45, 7) is 8.65. The topological polar surface area (TPSA) is 40.6 Å². The summed E-state index contributed by atoms with van der Waals surface area (Å²) in [5, 5.41) is 0. The maximum absolute atomic E-state index is 10.9. The first-order valence-electron chi connectivity index (χ1n) is 11.8.